The van der Waals surface area contributed by atoms with Gasteiger partial charge in [0.2, 0.25) is 5.88 Å². The third-order valence-corrected chi connectivity index (χ3v) is 1.22. The van der Waals surface area contributed by atoms with Crippen molar-refractivity contribution < 1.29 is 19.1 Å². The molecule has 0 saturated carbocycles. The summed E-state index contributed by atoms with van der Waals surface area (Å²) in [6, 6.07) is 2.86. The van der Waals surface area contributed by atoms with Gasteiger partial charge in [-0.25, -0.2) is 4.98 Å². The summed E-state index contributed by atoms with van der Waals surface area (Å²) < 4.78 is 9.46. The number of rotatable bonds is 2. The van der Waals surface area contributed by atoms with Crippen molar-refractivity contribution in [3.05, 3.63) is 18.3 Å². The molecule has 0 amide bonds. The molecule has 0 aromatic carbocycles. The lowest BCUT2D eigenvalue weighted by Crippen LogP contribution is -2.05. The minimum absolute atomic E-state index is 0.108. The molecule has 0 aliphatic rings. The van der Waals surface area contributed by atoms with E-state index < -0.39 is 11.9 Å². The molecule has 0 bridgehead atoms. The fourth-order valence-corrected chi connectivity index (χ4v) is 0.824. The van der Waals surface area contributed by atoms with Gasteiger partial charge in [0.25, 0.3) is 0 Å². The molecule has 0 spiro atoms. The summed E-state index contributed by atoms with van der Waals surface area (Å²) in [4.78, 5) is 24.9. The van der Waals surface area contributed by atoms with E-state index in [9.17, 15) is 9.59 Å². The number of nitrogens with zero attached hydrogens (tertiary/aromatic N) is 1. The molecule has 1 rings (SSSR count). The summed E-state index contributed by atoms with van der Waals surface area (Å²) in [5, 5.41) is 0. The molecule has 0 saturated heterocycles. The van der Waals surface area contributed by atoms with Crippen LogP contribution < -0.4 is 9.47 Å². The molecular weight excluding hydrogens is 186 g/mol. The Morgan fingerprint density at radius 2 is 1.86 bits per heavy atom. The number of hydrogen-bond acceptors (Lipinski definition) is 5. The monoisotopic (exact) mass is 195 g/mol. The number of pyridine rings is 1. The molecule has 5 nitrogen and oxygen atoms in total. The van der Waals surface area contributed by atoms with Gasteiger partial charge in [0, 0.05) is 26.1 Å². The average Bonchev–Trinajstić information content (AvgIpc) is 2.01. The lowest BCUT2D eigenvalue weighted by molar-refractivity contribution is -0.132. The summed E-state index contributed by atoms with van der Waals surface area (Å²) in [5.41, 5.74) is 0. The van der Waals surface area contributed by atoms with Crippen LogP contribution in [0.5, 0.6) is 11.6 Å². The Labute approximate surface area is 80.7 Å². The lowest BCUT2D eigenvalue weighted by atomic mass is 10.4. The average molecular weight is 195 g/mol. The van der Waals surface area contributed by atoms with Crippen LogP contribution in [0.1, 0.15) is 13.8 Å². The molecule has 0 aliphatic heterocycles. The molecule has 1 heterocycles. The van der Waals surface area contributed by atoms with Crippen LogP contribution in [-0.4, -0.2) is 16.9 Å². The van der Waals surface area contributed by atoms with Crippen LogP contribution in [0.4, 0.5) is 0 Å². The maximum absolute atomic E-state index is 10.6. The molecule has 14 heavy (non-hydrogen) atoms. The summed E-state index contributed by atoms with van der Waals surface area (Å²) >= 11 is 0. The molecule has 1 aromatic heterocycles. The zero-order valence-electron chi connectivity index (χ0n) is 7.81. The van der Waals surface area contributed by atoms with Gasteiger partial charge in [-0.3, -0.25) is 9.59 Å². The third kappa shape index (κ3) is 3.22. The smallest absolute Gasteiger partial charge is 0.309 e. The number of esters is 2. The molecule has 0 unspecified atom stereocenters. The predicted octanol–water partition coefficient (Wildman–Crippen LogP) is 0.932. The Morgan fingerprint density at radius 1 is 1.21 bits per heavy atom. The van der Waals surface area contributed by atoms with Crippen molar-refractivity contribution in [2.24, 2.45) is 0 Å². The largest absolute Gasteiger partial charge is 0.426 e. The summed E-state index contributed by atoms with van der Waals surface area (Å²) in [6.07, 6.45) is 1.39. The van der Waals surface area contributed by atoms with Gasteiger partial charge in [-0.2, -0.15) is 0 Å². The minimum atomic E-state index is -0.475. The highest BCUT2D eigenvalue weighted by Gasteiger charge is 2.03. The van der Waals surface area contributed by atoms with Crippen molar-refractivity contribution in [3.8, 4) is 11.6 Å². The summed E-state index contributed by atoms with van der Waals surface area (Å²) in [5.74, 6) is -0.512. The van der Waals surface area contributed by atoms with Crippen molar-refractivity contribution in [1.82, 2.24) is 4.98 Å². The van der Waals surface area contributed by atoms with Gasteiger partial charge in [0.1, 0.15) is 5.75 Å². The Bertz CT molecular complexity index is 330. The molecule has 74 valence electrons. The number of carbonyl (C=O) groups is 2. The first-order valence-corrected chi connectivity index (χ1v) is 3.91. The highest BCUT2D eigenvalue weighted by molar-refractivity contribution is 5.70. The van der Waals surface area contributed by atoms with Crippen molar-refractivity contribution in [3.63, 3.8) is 0 Å². The standard InChI is InChI=1S/C9H9NO4/c1-6(11)13-8-3-4-10-9(5-8)14-7(2)12/h3-5H,1-2H3. The first-order chi connectivity index (χ1) is 6.58. The van der Waals surface area contributed by atoms with Crippen molar-refractivity contribution in [2.75, 3.05) is 0 Å². The Balaban J connectivity index is 2.78. The number of hydrogen-bond donors (Lipinski definition) is 0. The second-order valence-electron chi connectivity index (χ2n) is 2.52. The zero-order chi connectivity index (χ0) is 10.6. The van der Waals surface area contributed by atoms with Gasteiger partial charge in [-0.1, -0.05) is 0 Å². The fourth-order valence-electron chi connectivity index (χ4n) is 0.824. The van der Waals surface area contributed by atoms with E-state index in [2.05, 4.69) is 4.98 Å². The van der Waals surface area contributed by atoms with E-state index in [4.69, 9.17) is 9.47 Å². The molecule has 0 fully saturated rings. The maximum Gasteiger partial charge on any atom is 0.309 e. The van der Waals surface area contributed by atoms with Gasteiger partial charge in [0.05, 0.1) is 0 Å². The Kier molecular flexibility index (Phi) is 3.17. The molecule has 0 N–H and O–H groups in total. The van der Waals surface area contributed by atoms with E-state index in [1.807, 2.05) is 0 Å². The van der Waals surface area contributed by atoms with Crippen LogP contribution in [0.25, 0.3) is 0 Å². The number of ether oxygens (including phenoxy) is 2. The quantitative estimate of drug-likeness (QED) is 0.657. The fraction of sp³-hybridized carbons (Fsp3) is 0.222. The molecular formula is C9H9NO4. The second-order valence-corrected chi connectivity index (χ2v) is 2.52. The first kappa shape index (κ1) is 10.2. The van der Waals surface area contributed by atoms with E-state index in [-0.39, 0.29) is 5.88 Å². The van der Waals surface area contributed by atoms with Crippen molar-refractivity contribution >= 4 is 11.9 Å². The van der Waals surface area contributed by atoms with Crippen molar-refractivity contribution in [2.45, 2.75) is 13.8 Å². The molecule has 5 heteroatoms. The van der Waals surface area contributed by atoms with E-state index >= 15 is 0 Å². The zero-order valence-corrected chi connectivity index (χ0v) is 7.81. The molecule has 0 aliphatic carbocycles. The highest BCUT2D eigenvalue weighted by atomic mass is 16.5. The SMILES string of the molecule is CC(=O)Oc1ccnc(OC(C)=O)c1. The van der Waals surface area contributed by atoms with Gasteiger partial charge in [0.15, 0.2) is 0 Å². The summed E-state index contributed by atoms with van der Waals surface area (Å²) in [7, 11) is 0. The number of aromatic nitrogens is 1. The second kappa shape index (κ2) is 4.36. The number of carbonyl (C=O) groups excluding carboxylic acids is 2. The van der Waals surface area contributed by atoms with E-state index in [0.29, 0.717) is 5.75 Å². The van der Waals surface area contributed by atoms with E-state index in [1.54, 1.807) is 0 Å². The van der Waals surface area contributed by atoms with Crippen LogP contribution in [0.3, 0.4) is 0 Å². The maximum atomic E-state index is 10.6. The summed E-state index contributed by atoms with van der Waals surface area (Å²) in [6.45, 7) is 2.55. The van der Waals surface area contributed by atoms with Crippen molar-refractivity contribution in [1.29, 1.82) is 0 Å². The molecule has 0 radical (unpaired) electrons. The van der Waals surface area contributed by atoms with E-state index in [1.165, 1.54) is 32.2 Å². The first-order valence-electron chi connectivity index (χ1n) is 3.91. The molecule has 1 aromatic rings. The molecule has 0 atom stereocenters. The van der Waals surface area contributed by atoms with Gasteiger partial charge < -0.3 is 9.47 Å². The van der Waals surface area contributed by atoms with Gasteiger partial charge in [-0.15, -0.1) is 0 Å². The third-order valence-electron chi connectivity index (χ3n) is 1.22. The van der Waals surface area contributed by atoms with Crippen LogP contribution in [-0.2, 0) is 9.59 Å². The van der Waals surface area contributed by atoms with E-state index in [0.717, 1.165) is 0 Å². The Hall–Kier alpha value is -1.91. The highest BCUT2D eigenvalue weighted by Crippen LogP contribution is 2.16. The minimum Gasteiger partial charge on any atom is -0.426 e. The normalized spacial score (nSPS) is 9.29. The topological polar surface area (TPSA) is 65.5 Å². The lowest BCUT2D eigenvalue weighted by Gasteiger charge is -2.02. The van der Waals surface area contributed by atoms with Crippen LogP contribution in [0.15, 0.2) is 18.3 Å². The van der Waals surface area contributed by atoms with Gasteiger partial charge >= 0.3 is 11.9 Å². The van der Waals surface area contributed by atoms with Crippen LogP contribution in [0.2, 0.25) is 0 Å². The van der Waals surface area contributed by atoms with Gasteiger partial charge in [-0.05, 0) is 6.07 Å². The predicted molar refractivity (Wildman–Crippen MR) is 46.9 cm³/mol. The van der Waals surface area contributed by atoms with Crippen LogP contribution >= 0.6 is 0 Å². The van der Waals surface area contributed by atoms with Crippen LogP contribution in [0, 0.1) is 0 Å². The Morgan fingerprint density at radius 3 is 2.43 bits per heavy atom.